The first-order chi connectivity index (χ1) is 14.6. The van der Waals surface area contributed by atoms with Crippen molar-refractivity contribution in [1.82, 2.24) is 24.5 Å². The van der Waals surface area contributed by atoms with Crippen molar-refractivity contribution in [3.63, 3.8) is 0 Å². The van der Waals surface area contributed by atoms with Crippen molar-refractivity contribution in [3.05, 3.63) is 60.3 Å². The number of piperazine rings is 1. The average Bonchev–Trinajstić information content (AvgIpc) is 3.19. The highest BCUT2D eigenvalue weighted by atomic mass is 16.3. The molecule has 1 aliphatic rings. The van der Waals surface area contributed by atoms with E-state index in [-0.39, 0.29) is 5.75 Å². The second kappa shape index (κ2) is 7.29. The van der Waals surface area contributed by atoms with Crippen molar-refractivity contribution in [2.75, 3.05) is 36.0 Å². The number of phenolic OH excluding ortho intramolecular Hbond substituents is 1. The topological polar surface area (TPSA) is 83.2 Å². The summed E-state index contributed by atoms with van der Waals surface area (Å²) in [7, 11) is 0. The van der Waals surface area contributed by atoms with Gasteiger partial charge in [-0.25, -0.2) is 9.97 Å². The molecule has 1 fully saturated rings. The number of fused-ring (bicyclic) bond motifs is 1. The lowest BCUT2D eigenvalue weighted by molar-refractivity contribution is 0.475. The summed E-state index contributed by atoms with van der Waals surface area (Å²) >= 11 is 0. The monoisotopic (exact) mass is 401 g/mol. The number of phenols is 1. The molecule has 0 atom stereocenters. The van der Waals surface area contributed by atoms with Crippen molar-refractivity contribution < 1.29 is 5.11 Å². The summed E-state index contributed by atoms with van der Waals surface area (Å²) in [6.45, 7) is 7.35. The summed E-state index contributed by atoms with van der Waals surface area (Å²) < 4.78 is 1.99. The van der Waals surface area contributed by atoms with E-state index in [2.05, 4.69) is 19.8 Å². The molecule has 0 amide bonds. The maximum atomic E-state index is 9.51. The van der Waals surface area contributed by atoms with Crippen LogP contribution in [0.1, 0.15) is 11.4 Å². The number of aromatic nitrogens is 5. The first-order valence-electron chi connectivity index (χ1n) is 10.0. The van der Waals surface area contributed by atoms with E-state index in [9.17, 15) is 5.11 Å². The first-order valence-corrected chi connectivity index (χ1v) is 10.0. The van der Waals surface area contributed by atoms with Gasteiger partial charge in [0.2, 0.25) is 5.95 Å². The van der Waals surface area contributed by atoms with E-state index in [1.807, 2.05) is 42.7 Å². The lowest BCUT2D eigenvalue weighted by Crippen LogP contribution is -2.47. The van der Waals surface area contributed by atoms with Crippen LogP contribution in [0.2, 0.25) is 0 Å². The molecule has 0 saturated carbocycles. The van der Waals surface area contributed by atoms with Gasteiger partial charge in [0.1, 0.15) is 17.6 Å². The van der Waals surface area contributed by atoms with Gasteiger partial charge in [-0.15, -0.1) is 0 Å². The van der Waals surface area contributed by atoms with Crippen molar-refractivity contribution in [2.45, 2.75) is 13.8 Å². The minimum atomic E-state index is 0.287. The molecule has 5 rings (SSSR count). The van der Waals surface area contributed by atoms with Crippen LogP contribution in [0.5, 0.6) is 5.75 Å². The van der Waals surface area contributed by atoms with Crippen LogP contribution in [0.15, 0.2) is 48.9 Å². The van der Waals surface area contributed by atoms with Crippen molar-refractivity contribution >= 4 is 22.8 Å². The minimum absolute atomic E-state index is 0.287. The highest BCUT2D eigenvalue weighted by Gasteiger charge is 2.22. The quantitative estimate of drug-likeness (QED) is 0.565. The molecule has 0 unspecified atom stereocenters. The third-order valence-electron chi connectivity index (χ3n) is 5.57. The Bertz CT molecular complexity index is 1190. The first kappa shape index (κ1) is 18.4. The molecule has 4 heterocycles. The van der Waals surface area contributed by atoms with E-state index in [1.165, 1.54) is 0 Å². The van der Waals surface area contributed by atoms with Gasteiger partial charge in [0.25, 0.3) is 0 Å². The Labute approximate surface area is 174 Å². The molecular formula is C22H23N7O. The number of hydrogen-bond donors (Lipinski definition) is 1. The zero-order valence-electron chi connectivity index (χ0n) is 17.0. The molecule has 1 aromatic carbocycles. The van der Waals surface area contributed by atoms with E-state index < -0.39 is 0 Å². The van der Waals surface area contributed by atoms with Gasteiger partial charge in [0.05, 0.1) is 17.1 Å². The zero-order chi connectivity index (χ0) is 20.7. The lowest BCUT2D eigenvalue weighted by Gasteiger charge is -2.36. The summed E-state index contributed by atoms with van der Waals surface area (Å²) in [5.74, 6) is 1.02. The molecule has 0 aliphatic carbocycles. The average molecular weight is 401 g/mol. The van der Waals surface area contributed by atoms with E-state index in [1.54, 1.807) is 24.7 Å². The van der Waals surface area contributed by atoms with Crippen LogP contribution in [-0.2, 0) is 0 Å². The van der Waals surface area contributed by atoms with Gasteiger partial charge < -0.3 is 14.9 Å². The number of rotatable bonds is 3. The Morgan fingerprint density at radius 3 is 2.30 bits per heavy atom. The van der Waals surface area contributed by atoms with Gasteiger partial charge in [-0.3, -0.25) is 9.55 Å². The third kappa shape index (κ3) is 3.20. The number of aryl methyl sites for hydroxylation is 2. The molecule has 8 heteroatoms. The molecule has 0 radical (unpaired) electrons. The Morgan fingerprint density at radius 2 is 1.57 bits per heavy atom. The summed E-state index contributed by atoms with van der Waals surface area (Å²) in [4.78, 5) is 23.1. The Balaban J connectivity index is 1.43. The van der Waals surface area contributed by atoms with Gasteiger partial charge in [-0.05, 0) is 50.2 Å². The van der Waals surface area contributed by atoms with Crippen molar-refractivity contribution in [1.29, 1.82) is 0 Å². The maximum Gasteiger partial charge on any atom is 0.227 e. The van der Waals surface area contributed by atoms with Crippen LogP contribution in [0.25, 0.3) is 16.9 Å². The molecule has 152 valence electrons. The molecular weight excluding hydrogens is 378 g/mol. The minimum Gasteiger partial charge on any atom is -0.508 e. The highest BCUT2D eigenvalue weighted by molar-refractivity contribution is 5.77. The second-order valence-corrected chi connectivity index (χ2v) is 7.49. The maximum absolute atomic E-state index is 9.51. The largest absolute Gasteiger partial charge is 0.508 e. The van der Waals surface area contributed by atoms with Gasteiger partial charge in [-0.1, -0.05) is 0 Å². The second-order valence-electron chi connectivity index (χ2n) is 7.49. The van der Waals surface area contributed by atoms with E-state index in [0.29, 0.717) is 0 Å². The number of pyridine rings is 1. The zero-order valence-corrected chi connectivity index (χ0v) is 17.0. The van der Waals surface area contributed by atoms with Crippen LogP contribution >= 0.6 is 0 Å². The van der Waals surface area contributed by atoms with Gasteiger partial charge >= 0.3 is 0 Å². The number of aromatic hydroxyl groups is 1. The van der Waals surface area contributed by atoms with E-state index in [0.717, 1.165) is 66.1 Å². The fraction of sp³-hybridized carbons (Fsp3) is 0.273. The molecule has 0 bridgehead atoms. The molecule has 4 aromatic rings. The summed E-state index contributed by atoms with van der Waals surface area (Å²) in [5.41, 5.74) is 5.50. The number of benzene rings is 1. The molecule has 0 spiro atoms. The smallest absolute Gasteiger partial charge is 0.227 e. The summed E-state index contributed by atoms with van der Waals surface area (Å²) in [5, 5.41) is 9.51. The predicted molar refractivity (Wildman–Crippen MR) is 116 cm³/mol. The predicted octanol–water partition coefficient (Wildman–Crippen LogP) is 2.86. The Hall–Kier alpha value is -3.68. The van der Waals surface area contributed by atoms with E-state index >= 15 is 0 Å². The molecule has 1 N–H and O–H groups in total. The van der Waals surface area contributed by atoms with Crippen molar-refractivity contribution in [2.24, 2.45) is 0 Å². The van der Waals surface area contributed by atoms with Crippen molar-refractivity contribution in [3.8, 4) is 11.4 Å². The standard InChI is InChI=1S/C22H23N7O/c1-15-19(4-3-9-23-15)29-14-24-20-16(2)25-22(26-21(20)29)28-12-10-27(11-13-28)17-5-7-18(30)8-6-17/h3-9,14,30H,10-13H2,1-2H3. The summed E-state index contributed by atoms with van der Waals surface area (Å²) in [6, 6.07) is 11.3. The normalized spacial score (nSPS) is 14.5. The molecule has 3 aromatic heterocycles. The molecule has 30 heavy (non-hydrogen) atoms. The highest BCUT2D eigenvalue weighted by Crippen LogP contribution is 2.24. The van der Waals surface area contributed by atoms with Crippen LogP contribution in [-0.4, -0.2) is 55.8 Å². The van der Waals surface area contributed by atoms with Crippen LogP contribution in [0.4, 0.5) is 11.6 Å². The SMILES string of the molecule is Cc1ncccc1-n1cnc2c(C)nc(N3CCN(c4ccc(O)cc4)CC3)nc21. The number of nitrogens with zero attached hydrogens (tertiary/aromatic N) is 7. The van der Waals surface area contributed by atoms with Crippen LogP contribution in [0, 0.1) is 13.8 Å². The van der Waals surface area contributed by atoms with Gasteiger partial charge in [0.15, 0.2) is 5.65 Å². The van der Waals surface area contributed by atoms with Gasteiger partial charge in [-0.2, -0.15) is 4.98 Å². The molecule has 1 saturated heterocycles. The van der Waals surface area contributed by atoms with E-state index in [4.69, 9.17) is 9.97 Å². The number of anilines is 2. The fourth-order valence-electron chi connectivity index (χ4n) is 3.90. The van der Waals surface area contributed by atoms with Crippen LogP contribution < -0.4 is 9.80 Å². The number of hydrogen-bond acceptors (Lipinski definition) is 7. The Kier molecular flexibility index (Phi) is 4.46. The summed E-state index contributed by atoms with van der Waals surface area (Å²) in [6.07, 6.45) is 3.58. The third-order valence-corrected chi connectivity index (χ3v) is 5.57. The number of imidazole rings is 1. The van der Waals surface area contributed by atoms with Crippen LogP contribution in [0.3, 0.4) is 0 Å². The lowest BCUT2D eigenvalue weighted by atomic mass is 10.2. The van der Waals surface area contributed by atoms with Gasteiger partial charge in [0, 0.05) is 38.1 Å². The Morgan fingerprint density at radius 1 is 0.833 bits per heavy atom. The molecule has 1 aliphatic heterocycles. The molecule has 8 nitrogen and oxygen atoms in total. The fourth-order valence-corrected chi connectivity index (χ4v) is 3.90.